The Labute approximate surface area is 446 Å². The number of para-hydroxylation sites is 2. The third kappa shape index (κ3) is 13.5. The van der Waals surface area contributed by atoms with Crippen LogP contribution in [0.2, 0.25) is 0 Å². The van der Waals surface area contributed by atoms with Gasteiger partial charge in [0, 0.05) is 49.0 Å². The van der Waals surface area contributed by atoms with Crippen LogP contribution >= 0.6 is 0 Å². The molecule has 0 bridgehead atoms. The molecule has 4 fully saturated rings. The molecule has 416 valence electrons. The second kappa shape index (κ2) is 23.8. The third-order valence-electron chi connectivity index (χ3n) is 15.3. The molecule has 2 aliphatic heterocycles. The largest absolute Gasteiger partial charge is 0.478 e. The van der Waals surface area contributed by atoms with Crippen LogP contribution in [0.25, 0.3) is 21.9 Å². The van der Waals surface area contributed by atoms with Crippen LogP contribution in [0.5, 0.6) is 0 Å². The van der Waals surface area contributed by atoms with Crippen molar-refractivity contribution < 1.29 is 52.2 Å². The summed E-state index contributed by atoms with van der Waals surface area (Å²) in [7, 11) is 3.24. The lowest BCUT2D eigenvalue weighted by Gasteiger charge is -2.37. The Morgan fingerprint density at radius 2 is 1.16 bits per heavy atom. The Kier molecular flexibility index (Phi) is 18.4. The molecule has 4 aromatic rings. The van der Waals surface area contributed by atoms with E-state index in [2.05, 4.69) is 21.3 Å². The number of ether oxygens (including phenoxy) is 1. The molecule has 19 nitrogen and oxygen atoms in total. The molecule has 19 heteroatoms. The summed E-state index contributed by atoms with van der Waals surface area (Å²) in [5.74, 6) is -1.09. The summed E-state index contributed by atoms with van der Waals surface area (Å²) in [5.41, 5.74) is 6.70. The fourth-order valence-electron chi connectivity index (χ4n) is 10.8. The fourth-order valence-corrected chi connectivity index (χ4v) is 10.8. The molecule has 2 aromatic carbocycles. The van der Waals surface area contributed by atoms with Gasteiger partial charge in [0.2, 0.25) is 23.6 Å². The monoisotopic (exact) mass is 1050 g/mol. The standard InChI is InChI=1S/C26H36N4O4.C22H40N4O4.C9H6O3/c1-15(27-5)23(31)29-22(26(2,3)4)25(33)30-13-12-16-10-11-19(21(16)30)28-24(32)18-14-34-20-9-7-6-8-17(18)20;1-13(25(8)20(29)30-22(5,6)7)18(27)24-17(21(2,3)4)19(28)26-12-11-14-9-10-15(23)16(14)26;10-9(11)7-5-12-8-4-2-1-3-6(7)8/h6-9,14-16,19,21-22,27H,10-13H2,1-5H3,(H,28,32)(H,29,31);13-17H,9-12,23H2,1-8H3,(H,24,27);1-5H,(H,10,11)/t15-,16?,19?,21?,22+;13-,14?,15?,16?,17+;/m00./s1. The molecular formula is C57H82N8O11. The van der Waals surface area contributed by atoms with E-state index in [-0.39, 0.29) is 59.3 Å². The number of aromatic carboxylic acids is 1. The molecule has 10 atom stereocenters. The molecule has 2 aliphatic carbocycles. The van der Waals surface area contributed by atoms with Crippen molar-refractivity contribution in [1.82, 2.24) is 36.0 Å². The number of benzene rings is 2. The molecule has 2 saturated heterocycles. The molecule has 4 aliphatic rings. The van der Waals surface area contributed by atoms with Crippen molar-refractivity contribution in [3.63, 3.8) is 0 Å². The highest BCUT2D eigenvalue weighted by Gasteiger charge is 2.50. The summed E-state index contributed by atoms with van der Waals surface area (Å²) in [5, 5.41) is 22.1. The molecule has 8 rings (SSSR count). The number of rotatable bonds is 11. The minimum Gasteiger partial charge on any atom is -0.478 e. The first kappa shape index (κ1) is 58.8. The number of carbonyl (C=O) groups is 7. The zero-order valence-electron chi connectivity index (χ0n) is 46.7. The maximum absolute atomic E-state index is 13.8. The fraction of sp³-hybridized carbons (Fsp3) is 0.596. The number of likely N-dealkylation sites (tertiary alicyclic amines) is 2. The number of amides is 6. The van der Waals surface area contributed by atoms with E-state index < -0.39 is 52.7 Å². The van der Waals surface area contributed by atoms with Crippen molar-refractivity contribution in [2.45, 2.75) is 169 Å². The number of nitrogens with one attached hydrogen (secondary N) is 4. The summed E-state index contributed by atoms with van der Waals surface area (Å²) >= 11 is 0. The number of furan rings is 2. The number of hydrogen-bond acceptors (Lipinski definition) is 12. The van der Waals surface area contributed by atoms with Crippen molar-refractivity contribution in [3.05, 3.63) is 72.2 Å². The number of hydrogen-bond donors (Lipinski definition) is 6. The Bertz CT molecular complexity index is 2730. The van der Waals surface area contributed by atoms with E-state index in [0.717, 1.165) is 43.9 Å². The zero-order valence-corrected chi connectivity index (χ0v) is 46.7. The molecule has 0 radical (unpaired) electrons. The molecule has 2 saturated carbocycles. The Hall–Kier alpha value is -6.47. The van der Waals surface area contributed by atoms with E-state index in [1.165, 1.54) is 24.5 Å². The Morgan fingerprint density at radius 1 is 0.684 bits per heavy atom. The van der Waals surface area contributed by atoms with Crippen LogP contribution in [0.4, 0.5) is 4.79 Å². The van der Waals surface area contributed by atoms with Crippen LogP contribution in [0.3, 0.4) is 0 Å². The average Bonchev–Trinajstić information content (AvgIpc) is 4.22. The SMILES string of the molecule is CN[C@@H](C)C(=O)N[C@H](C(=O)N1CCC2CCC(NC(=O)c3coc4ccccc34)C21)C(C)(C)C.C[C@@H](C(=O)N[C@H](C(=O)N1CCC2CCC(N)C21)C(C)(C)C)N(C)C(=O)OC(C)(C)C.O=C(O)c1coc2ccccc12. The van der Waals surface area contributed by atoms with Crippen LogP contribution in [-0.2, 0) is 23.9 Å². The number of likely N-dealkylation sites (N-methyl/N-ethyl adjacent to an activating group) is 2. The van der Waals surface area contributed by atoms with E-state index in [9.17, 15) is 33.6 Å². The van der Waals surface area contributed by atoms with Gasteiger partial charge in [0.15, 0.2) is 0 Å². The van der Waals surface area contributed by atoms with Crippen LogP contribution in [-0.4, -0.2) is 143 Å². The smallest absolute Gasteiger partial charge is 0.410 e. The highest BCUT2D eigenvalue weighted by molar-refractivity contribution is 6.06. The second-order valence-corrected chi connectivity index (χ2v) is 24.0. The van der Waals surface area contributed by atoms with E-state index in [0.29, 0.717) is 47.0 Å². The lowest BCUT2D eigenvalue weighted by atomic mass is 9.85. The van der Waals surface area contributed by atoms with Gasteiger partial charge in [-0.2, -0.15) is 0 Å². The molecule has 2 aromatic heterocycles. The molecule has 7 N–H and O–H groups in total. The summed E-state index contributed by atoms with van der Waals surface area (Å²) in [6.45, 7) is 21.7. The average molecular weight is 1060 g/mol. The lowest BCUT2D eigenvalue weighted by molar-refractivity contribution is -0.141. The van der Waals surface area contributed by atoms with Crippen LogP contribution in [0.1, 0.15) is 135 Å². The van der Waals surface area contributed by atoms with Gasteiger partial charge in [0.1, 0.15) is 53.0 Å². The molecule has 4 heterocycles. The number of nitrogens with two attached hydrogens (primary N) is 1. The van der Waals surface area contributed by atoms with E-state index >= 15 is 0 Å². The van der Waals surface area contributed by atoms with Crippen molar-refractivity contribution >= 4 is 63.5 Å². The Morgan fingerprint density at radius 3 is 1.67 bits per heavy atom. The van der Waals surface area contributed by atoms with Crippen molar-refractivity contribution in [2.75, 3.05) is 27.2 Å². The van der Waals surface area contributed by atoms with Gasteiger partial charge >= 0.3 is 12.1 Å². The van der Waals surface area contributed by atoms with E-state index in [4.69, 9.17) is 24.4 Å². The topological polar surface area (TPSA) is 259 Å². The highest BCUT2D eigenvalue weighted by Crippen LogP contribution is 2.41. The first-order valence-corrected chi connectivity index (χ1v) is 26.6. The van der Waals surface area contributed by atoms with Gasteiger partial charge in [0.05, 0.1) is 17.6 Å². The van der Waals surface area contributed by atoms with Crippen LogP contribution in [0, 0.1) is 22.7 Å². The second-order valence-electron chi connectivity index (χ2n) is 24.0. The molecule has 6 unspecified atom stereocenters. The van der Waals surface area contributed by atoms with Crippen molar-refractivity contribution in [2.24, 2.45) is 28.4 Å². The lowest BCUT2D eigenvalue weighted by Crippen LogP contribution is -2.60. The van der Waals surface area contributed by atoms with E-state index in [1.54, 1.807) is 65.9 Å². The quantitative estimate of drug-likeness (QED) is 0.0893. The molecule has 0 spiro atoms. The normalized spacial score (nSPS) is 22.7. The van der Waals surface area contributed by atoms with Gasteiger partial charge in [-0.1, -0.05) is 77.9 Å². The number of fused-ring (bicyclic) bond motifs is 4. The predicted octanol–water partition coefficient (Wildman–Crippen LogP) is 6.92. The summed E-state index contributed by atoms with van der Waals surface area (Å²) < 4.78 is 15.9. The van der Waals surface area contributed by atoms with E-state index in [1.807, 2.05) is 75.6 Å². The summed E-state index contributed by atoms with van der Waals surface area (Å²) in [6, 6.07) is 11.8. The van der Waals surface area contributed by atoms with Gasteiger partial charge in [-0.3, -0.25) is 28.9 Å². The predicted molar refractivity (Wildman–Crippen MR) is 289 cm³/mol. The number of carbonyl (C=O) groups excluding carboxylic acids is 6. The van der Waals surface area contributed by atoms with Crippen molar-refractivity contribution in [3.8, 4) is 0 Å². The highest BCUT2D eigenvalue weighted by atomic mass is 16.6. The molecule has 76 heavy (non-hydrogen) atoms. The minimum atomic E-state index is -0.958. The summed E-state index contributed by atoms with van der Waals surface area (Å²) in [4.78, 5) is 94.0. The maximum Gasteiger partial charge on any atom is 0.410 e. The first-order valence-electron chi connectivity index (χ1n) is 26.6. The Balaban J connectivity index is 0.000000203. The number of nitrogens with zero attached hydrogens (tertiary/aromatic N) is 3. The maximum atomic E-state index is 13.8. The number of carboxylic acids is 1. The summed E-state index contributed by atoms with van der Waals surface area (Å²) in [6.07, 6.45) is 7.83. The first-order chi connectivity index (χ1) is 35.5. The zero-order chi connectivity index (χ0) is 56.2. The van der Waals surface area contributed by atoms with Crippen LogP contribution < -0.4 is 27.0 Å². The third-order valence-corrected chi connectivity index (χ3v) is 15.3. The van der Waals surface area contributed by atoms with Gasteiger partial charge in [-0.25, -0.2) is 9.59 Å². The van der Waals surface area contributed by atoms with Crippen LogP contribution in [0.15, 0.2) is 69.9 Å². The molecule has 6 amide bonds. The number of carboxylic acid groups (broad SMARTS) is 1. The van der Waals surface area contributed by atoms with Gasteiger partial charge in [-0.05, 0) is 115 Å². The van der Waals surface area contributed by atoms with Gasteiger partial charge in [-0.15, -0.1) is 0 Å². The molecular weight excluding hydrogens is 973 g/mol. The van der Waals surface area contributed by atoms with Gasteiger partial charge in [0.25, 0.3) is 5.91 Å². The minimum absolute atomic E-state index is 0.00463. The van der Waals surface area contributed by atoms with Crippen molar-refractivity contribution in [1.29, 1.82) is 0 Å². The van der Waals surface area contributed by atoms with Gasteiger partial charge < -0.3 is 55.5 Å².